The highest BCUT2D eigenvalue weighted by Gasteiger charge is 1.96. The van der Waals surface area contributed by atoms with E-state index in [2.05, 4.69) is 36.5 Å². The van der Waals surface area contributed by atoms with Gasteiger partial charge < -0.3 is 10.4 Å². The zero-order chi connectivity index (χ0) is 18.0. The van der Waals surface area contributed by atoms with E-state index >= 15 is 0 Å². The van der Waals surface area contributed by atoms with Crippen LogP contribution in [0.5, 0.6) is 0 Å². The Labute approximate surface area is 156 Å². The lowest BCUT2D eigenvalue weighted by molar-refractivity contribution is 0.299. The predicted molar refractivity (Wildman–Crippen MR) is 111 cm³/mol. The van der Waals surface area contributed by atoms with E-state index < -0.39 is 0 Å². The molecule has 2 heteroatoms. The van der Waals surface area contributed by atoms with E-state index in [1.807, 2.05) is 0 Å². The van der Waals surface area contributed by atoms with Gasteiger partial charge in [-0.05, 0) is 30.5 Å². The van der Waals surface area contributed by atoms with Gasteiger partial charge in [0.05, 0.1) is 0 Å². The fourth-order valence-electron chi connectivity index (χ4n) is 3.29. The number of hydrogen-bond acceptors (Lipinski definition) is 2. The Morgan fingerprint density at radius 1 is 0.680 bits per heavy atom. The largest absolute Gasteiger partial charge is 0.396 e. The minimum Gasteiger partial charge on any atom is -0.396 e. The summed E-state index contributed by atoms with van der Waals surface area (Å²) in [6.07, 6.45) is 19.0. The highest BCUT2D eigenvalue weighted by molar-refractivity contribution is 5.44. The summed E-state index contributed by atoms with van der Waals surface area (Å²) in [5, 5.41) is 12.4. The van der Waals surface area contributed by atoms with Gasteiger partial charge >= 0.3 is 0 Å². The molecule has 0 saturated carbocycles. The maximum atomic E-state index is 8.92. The Hall–Kier alpha value is -1.02. The number of nitrogens with one attached hydrogen (secondary N) is 1. The average Bonchev–Trinajstić information content (AvgIpc) is 2.63. The molecule has 0 aromatic heterocycles. The molecular weight excluding hydrogens is 306 g/mol. The second-order valence-electron chi connectivity index (χ2n) is 7.34. The fourth-order valence-corrected chi connectivity index (χ4v) is 3.29. The third kappa shape index (κ3) is 12.9. The zero-order valence-electron chi connectivity index (χ0n) is 16.6. The molecule has 1 rings (SSSR count). The number of unbranched alkanes of at least 4 members (excludes halogenated alkanes) is 12. The molecule has 0 amide bonds. The van der Waals surface area contributed by atoms with Crippen LogP contribution in [0.3, 0.4) is 0 Å². The van der Waals surface area contributed by atoms with Crippen molar-refractivity contribution in [2.24, 2.45) is 0 Å². The molecule has 0 aliphatic heterocycles. The van der Waals surface area contributed by atoms with Crippen LogP contribution in [0, 0.1) is 0 Å². The normalized spacial score (nSPS) is 11.0. The molecular formula is C23H41NO. The Morgan fingerprint density at radius 2 is 1.16 bits per heavy atom. The monoisotopic (exact) mass is 347 g/mol. The van der Waals surface area contributed by atoms with Crippen LogP contribution in [-0.2, 0) is 6.42 Å². The number of benzene rings is 1. The molecule has 0 spiro atoms. The van der Waals surface area contributed by atoms with Crippen molar-refractivity contribution >= 4 is 5.69 Å². The zero-order valence-corrected chi connectivity index (χ0v) is 16.6. The lowest BCUT2D eigenvalue weighted by Crippen LogP contribution is -2.01. The molecule has 1 aromatic carbocycles. The predicted octanol–water partition coefficient (Wildman–Crippen LogP) is 6.72. The van der Waals surface area contributed by atoms with Crippen molar-refractivity contribution in [3.63, 3.8) is 0 Å². The van der Waals surface area contributed by atoms with E-state index in [1.54, 1.807) is 0 Å². The quantitative estimate of drug-likeness (QED) is 0.306. The summed E-state index contributed by atoms with van der Waals surface area (Å²) < 4.78 is 0. The first-order valence-corrected chi connectivity index (χ1v) is 10.8. The number of aliphatic hydroxyl groups is 1. The van der Waals surface area contributed by atoms with Crippen molar-refractivity contribution in [1.29, 1.82) is 0 Å². The van der Waals surface area contributed by atoms with E-state index in [0.717, 1.165) is 13.0 Å². The standard InChI is InChI=1S/C23H41NO/c1-2-3-4-5-6-7-8-9-10-11-12-13-14-20-24-23-17-15-22(16-18-23)19-21-25/h15-18,24-25H,2-14,19-21H2,1H3. The summed E-state index contributed by atoms with van der Waals surface area (Å²) in [5.74, 6) is 0. The molecule has 0 saturated heterocycles. The maximum absolute atomic E-state index is 8.92. The summed E-state index contributed by atoms with van der Waals surface area (Å²) in [4.78, 5) is 0. The van der Waals surface area contributed by atoms with Crippen LogP contribution in [0.25, 0.3) is 0 Å². The van der Waals surface area contributed by atoms with Gasteiger partial charge in [0.2, 0.25) is 0 Å². The Morgan fingerprint density at radius 3 is 1.64 bits per heavy atom. The second kappa shape index (κ2) is 16.4. The van der Waals surface area contributed by atoms with Crippen LogP contribution in [0.4, 0.5) is 5.69 Å². The molecule has 25 heavy (non-hydrogen) atoms. The molecule has 2 N–H and O–H groups in total. The van der Waals surface area contributed by atoms with Gasteiger partial charge in [0.1, 0.15) is 0 Å². The maximum Gasteiger partial charge on any atom is 0.0471 e. The number of anilines is 1. The molecule has 0 atom stereocenters. The first-order valence-electron chi connectivity index (χ1n) is 10.8. The topological polar surface area (TPSA) is 32.3 Å². The Balaban J connectivity index is 1.83. The van der Waals surface area contributed by atoms with Crippen LogP contribution >= 0.6 is 0 Å². The first kappa shape index (κ1) is 22.0. The molecule has 1 aromatic rings. The third-order valence-corrected chi connectivity index (χ3v) is 4.96. The highest BCUT2D eigenvalue weighted by atomic mass is 16.2. The molecule has 0 heterocycles. The van der Waals surface area contributed by atoms with Gasteiger partial charge in [-0.3, -0.25) is 0 Å². The molecule has 0 fully saturated rings. The van der Waals surface area contributed by atoms with Gasteiger partial charge in [0.15, 0.2) is 0 Å². The lowest BCUT2D eigenvalue weighted by atomic mass is 10.0. The van der Waals surface area contributed by atoms with E-state index in [1.165, 1.54) is 94.7 Å². The van der Waals surface area contributed by atoms with Crippen LogP contribution < -0.4 is 5.32 Å². The third-order valence-electron chi connectivity index (χ3n) is 4.96. The molecule has 0 bridgehead atoms. The molecule has 0 aliphatic carbocycles. The van der Waals surface area contributed by atoms with E-state index in [-0.39, 0.29) is 6.61 Å². The van der Waals surface area contributed by atoms with Crippen molar-refractivity contribution in [2.75, 3.05) is 18.5 Å². The summed E-state index contributed by atoms with van der Waals surface area (Å²) in [6, 6.07) is 8.44. The summed E-state index contributed by atoms with van der Waals surface area (Å²) in [6.45, 7) is 3.58. The minimum atomic E-state index is 0.228. The Kier molecular flexibility index (Phi) is 14.5. The van der Waals surface area contributed by atoms with Crippen molar-refractivity contribution in [1.82, 2.24) is 0 Å². The summed E-state index contributed by atoms with van der Waals surface area (Å²) >= 11 is 0. The van der Waals surface area contributed by atoms with Crippen molar-refractivity contribution in [3.8, 4) is 0 Å². The van der Waals surface area contributed by atoms with Gasteiger partial charge in [-0.2, -0.15) is 0 Å². The van der Waals surface area contributed by atoms with Crippen LogP contribution in [0.1, 0.15) is 96.0 Å². The first-order chi connectivity index (χ1) is 12.4. The average molecular weight is 348 g/mol. The molecule has 0 radical (unpaired) electrons. The van der Waals surface area contributed by atoms with Crippen molar-refractivity contribution in [2.45, 2.75) is 96.8 Å². The van der Waals surface area contributed by atoms with Gasteiger partial charge in [-0.25, -0.2) is 0 Å². The fraction of sp³-hybridized carbons (Fsp3) is 0.739. The van der Waals surface area contributed by atoms with Crippen molar-refractivity contribution in [3.05, 3.63) is 29.8 Å². The van der Waals surface area contributed by atoms with Gasteiger partial charge in [-0.1, -0.05) is 96.1 Å². The van der Waals surface area contributed by atoms with Gasteiger partial charge in [0, 0.05) is 18.8 Å². The number of hydrogen-bond donors (Lipinski definition) is 2. The summed E-state index contributed by atoms with van der Waals surface area (Å²) in [7, 11) is 0. The molecule has 0 unspecified atom stereocenters. The van der Waals surface area contributed by atoms with Crippen LogP contribution in [-0.4, -0.2) is 18.3 Å². The molecule has 144 valence electrons. The van der Waals surface area contributed by atoms with Crippen LogP contribution in [0.15, 0.2) is 24.3 Å². The second-order valence-corrected chi connectivity index (χ2v) is 7.34. The SMILES string of the molecule is CCCCCCCCCCCCCCCNc1ccc(CCO)cc1. The van der Waals surface area contributed by atoms with E-state index in [4.69, 9.17) is 5.11 Å². The smallest absolute Gasteiger partial charge is 0.0471 e. The number of rotatable bonds is 17. The summed E-state index contributed by atoms with van der Waals surface area (Å²) in [5.41, 5.74) is 2.40. The van der Waals surface area contributed by atoms with Gasteiger partial charge in [-0.15, -0.1) is 0 Å². The Bertz CT molecular complexity index is 388. The molecule has 2 nitrogen and oxygen atoms in total. The number of aliphatic hydroxyl groups excluding tert-OH is 1. The van der Waals surface area contributed by atoms with Crippen LogP contribution in [0.2, 0.25) is 0 Å². The van der Waals surface area contributed by atoms with E-state index in [9.17, 15) is 0 Å². The molecule has 0 aliphatic rings. The van der Waals surface area contributed by atoms with Gasteiger partial charge in [0.25, 0.3) is 0 Å². The minimum absolute atomic E-state index is 0.228. The highest BCUT2D eigenvalue weighted by Crippen LogP contribution is 2.13. The lowest BCUT2D eigenvalue weighted by Gasteiger charge is -2.07. The van der Waals surface area contributed by atoms with Crippen molar-refractivity contribution < 1.29 is 5.11 Å². The van der Waals surface area contributed by atoms with E-state index in [0.29, 0.717) is 0 Å².